The molecule has 3 saturated carbocycles. The van der Waals surface area contributed by atoms with Crippen LogP contribution in [0.25, 0.3) is 0 Å². The summed E-state index contributed by atoms with van der Waals surface area (Å²) in [4.78, 5) is 32.0. The quantitative estimate of drug-likeness (QED) is 0.571. The molecule has 0 spiro atoms. The van der Waals surface area contributed by atoms with Gasteiger partial charge in [0.2, 0.25) is 6.10 Å². The van der Waals surface area contributed by atoms with E-state index in [1.807, 2.05) is 65.7 Å². The highest BCUT2D eigenvalue weighted by atomic mass is 16.7. The molecule has 2 aliphatic heterocycles. The Morgan fingerprint density at radius 1 is 1.03 bits per heavy atom. The van der Waals surface area contributed by atoms with Gasteiger partial charge in [0.05, 0.1) is 30.0 Å². The predicted molar refractivity (Wildman–Crippen MR) is 138 cm³/mol. The van der Waals surface area contributed by atoms with Gasteiger partial charge in [0, 0.05) is 12.3 Å². The zero-order chi connectivity index (χ0) is 25.9. The molecular weight excluding hydrogens is 470 g/mol. The fraction of sp³-hybridized carbons (Fsp3) is 0.448. The average molecular weight is 502 g/mol. The van der Waals surface area contributed by atoms with E-state index in [0.717, 1.165) is 17.7 Å². The molecule has 3 fully saturated rings. The van der Waals surface area contributed by atoms with E-state index in [2.05, 4.69) is 25.9 Å². The number of carbonyl (C=O) groups is 2. The van der Waals surface area contributed by atoms with E-state index in [4.69, 9.17) is 19.4 Å². The monoisotopic (exact) mass is 501 g/mol. The third kappa shape index (κ3) is 3.41. The standard InChI is InChI=1S/C29H31N3O5/c1-28(2)19-15-22(28)29(3)23(24(27(34)35-4)30-32(29)18-13-9-6-10-14-18)25(19)36-26(33)21-16-20(31-37-21)17-11-7-5-8-12-17/h5-14,19,21-23,25H,15-16H2,1-4H3/t19-,21+,22-,23+,25-,29-/m1/s1. The Balaban J connectivity index is 1.32. The molecule has 192 valence electrons. The number of nitrogens with zero attached hydrogens (tertiary/aromatic N) is 3. The van der Waals surface area contributed by atoms with Gasteiger partial charge in [-0.2, -0.15) is 5.10 Å². The molecule has 0 aromatic heterocycles. The smallest absolute Gasteiger partial charge is 0.354 e. The number of carbonyl (C=O) groups excluding carboxylic acids is 2. The number of hydrogen-bond donors (Lipinski definition) is 0. The fourth-order valence-corrected chi connectivity index (χ4v) is 7.12. The summed E-state index contributed by atoms with van der Waals surface area (Å²) in [5.41, 5.74) is 2.13. The molecule has 0 saturated heterocycles. The highest BCUT2D eigenvalue weighted by molar-refractivity contribution is 6.38. The summed E-state index contributed by atoms with van der Waals surface area (Å²) in [5.74, 6) is -1.07. The second-order valence-electron chi connectivity index (χ2n) is 11.1. The van der Waals surface area contributed by atoms with Crippen molar-refractivity contribution in [1.82, 2.24) is 0 Å². The predicted octanol–water partition coefficient (Wildman–Crippen LogP) is 4.19. The van der Waals surface area contributed by atoms with Crippen LogP contribution in [0.5, 0.6) is 0 Å². The van der Waals surface area contributed by atoms with Gasteiger partial charge in [-0.25, -0.2) is 9.59 Å². The van der Waals surface area contributed by atoms with Crippen LogP contribution in [0.1, 0.15) is 39.2 Å². The molecule has 2 aromatic carbocycles. The van der Waals surface area contributed by atoms with Gasteiger partial charge < -0.3 is 14.3 Å². The van der Waals surface area contributed by atoms with Crippen molar-refractivity contribution in [2.75, 3.05) is 12.1 Å². The van der Waals surface area contributed by atoms with Crippen molar-refractivity contribution >= 4 is 29.0 Å². The zero-order valence-electron chi connectivity index (χ0n) is 21.5. The zero-order valence-corrected chi connectivity index (χ0v) is 21.5. The van der Waals surface area contributed by atoms with Crippen molar-refractivity contribution in [2.45, 2.75) is 51.4 Å². The summed E-state index contributed by atoms with van der Waals surface area (Å²) < 4.78 is 11.4. The number of hydrazone groups is 1. The first kappa shape index (κ1) is 23.7. The van der Waals surface area contributed by atoms with Crippen LogP contribution in [-0.4, -0.2) is 48.2 Å². The molecule has 0 unspecified atom stereocenters. The third-order valence-electron chi connectivity index (χ3n) is 9.05. The molecule has 0 radical (unpaired) electrons. The Labute approximate surface area is 216 Å². The SMILES string of the molecule is COC(=O)C1=NN(c2ccccc2)[C@]2(C)[C@@H]3C[C@H]([C@@H](OC(=O)[C@@H]4CC(c5ccccc5)=NO4)[C@H]12)C3(C)C. The maximum absolute atomic E-state index is 13.5. The van der Waals surface area contributed by atoms with Crippen LogP contribution < -0.4 is 5.01 Å². The summed E-state index contributed by atoms with van der Waals surface area (Å²) >= 11 is 0. The van der Waals surface area contributed by atoms with Crippen LogP contribution >= 0.6 is 0 Å². The number of anilines is 1. The van der Waals surface area contributed by atoms with E-state index >= 15 is 0 Å². The second-order valence-corrected chi connectivity index (χ2v) is 11.1. The number of oxime groups is 1. The molecule has 37 heavy (non-hydrogen) atoms. The van der Waals surface area contributed by atoms with Crippen molar-refractivity contribution < 1.29 is 23.9 Å². The van der Waals surface area contributed by atoms with Crippen molar-refractivity contribution in [1.29, 1.82) is 0 Å². The third-order valence-corrected chi connectivity index (χ3v) is 9.05. The number of para-hydroxylation sites is 1. The molecule has 7 rings (SSSR count). The average Bonchev–Trinajstić information content (AvgIpc) is 3.52. The maximum atomic E-state index is 13.5. The number of benzene rings is 2. The van der Waals surface area contributed by atoms with Crippen LogP contribution in [0, 0.1) is 23.2 Å². The Morgan fingerprint density at radius 2 is 1.70 bits per heavy atom. The van der Waals surface area contributed by atoms with Crippen LogP contribution in [0.15, 0.2) is 70.9 Å². The molecule has 5 aliphatic rings. The first-order valence-corrected chi connectivity index (χ1v) is 12.8. The lowest BCUT2D eigenvalue weighted by Gasteiger charge is -2.68. The van der Waals surface area contributed by atoms with E-state index < -0.39 is 35.6 Å². The molecular formula is C29H31N3O5. The highest BCUT2D eigenvalue weighted by Gasteiger charge is 2.74. The van der Waals surface area contributed by atoms with E-state index in [-0.39, 0.29) is 17.3 Å². The first-order valence-electron chi connectivity index (χ1n) is 12.8. The van der Waals surface area contributed by atoms with E-state index in [1.54, 1.807) is 0 Å². The summed E-state index contributed by atoms with van der Waals surface area (Å²) in [7, 11) is 1.36. The second kappa shape index (κ2) is 8.43. The van der Waals surface area contributed by atoms with Gasteiger partial charge in [-0.15, -0.1) is 0 Å². The maximum Gasteiger partial charge on any atom is 0.354 e. The van der Waals surface area contributed by atoms with E-state index in [9.17, 15) is 9.59 Å². The topological polar surface area (TPSA) is 89.8 Å². The number of ether oxygens (including phenoxy) is 2. The Bertz CT molecular complexity index is 1290. The summed E-state index contributed by atoms with van der Waals surface area (Å²) in [5, 5.41) is 10.9. The normalized spacial score (nSPS) is 32.9. The van der Waals surface area contributed by atoms with Gasteiger partial charge in [-0.1, -0.05) is 67.5 Å². The molecule has 0 amide bonds. The van der Waals surface area contributed by atoms with Gasteiger partial charge in [-0.05, 0) is 42.4 Å². The van der Waals surface area contributed by atoms with Crippen LogP contribution in [0.3, 0.4) is 0 Å². The minimum Gasteiger partial charge on any atom is -0.464 e. The lowest BCUT2D eigenvalue weighted by Crippen LogP contribution is -2.74. The number of esters is 2. The van der Waals surface area contributed by atoms with Crippen molar-refractivity contribution in [3.05, 3.63) is 66.2 Å². The lowest BCUT2D eigenvalue weighted by atomic mass is 9.39. The van der Waals surface area contributed by atoms with Crippen molar-refractivity contribution in [3.63, 3.8) is 0 Å². The van der Waals surface area contributed by atoms with Crippen LogP contribution in [-0.2, 0) is 23.9 Å². The van der Waals surface area contributed by atoms with Crippen molar-refractivity contribution in [2.24, 2.45) is 33.4 Å². The summed E-state index contributed by atoms with van der Waals surface area (Å²) in [6, 6.07) is 19.5. The van der Waals surface area contributed by atoms with Gasteiger partial charge in [0.1, 0.15) is 6.10 Å². The molecule has 8 heteroatoms. The minimum atomic E-state index is -0.826. The fourth-order valence-electron chi connectivity index (χ4n) is 7.12. The van der Waals surface area contributed by atoms with Gasteiger partial charge in [-0.3, -0.25) is 5.01 Å². The number of hydrogen-bond acceptors (Lipinski definition) is 8. The molecule has 2 heterocycles. The lowest BCUT2D eigenvalue weighted by molar-refractivity contribution is -0.216. The Hall–Kier alpha value is -3.68. The Kier molecular flexibility index (Phi) is 5.40. The van der Waals surface area contributed by atoms with E-state index in [0.29, 0.717) is 17.8 Å². The van der Waals surface area contributed by atoms with Gasteiger partial charge in [0.15, 0.2) is 5.71 Å². The number of rotatable bonds is 5. The molecule has 8 nitrogen and oxygen atoms in total. The molecule has 2 aromatic rings. The first-order chi connectivity index (χ1) is 17.8. The molecule has 0 N–H and O–H groups in total. The van der Waals surface area contributed by atoms with Gasteiger partial charge >= 0.3 is 11.9 Å². The van der Waals surface area contributed by atoms with E-state index in [1.165, 1.54) is 7.11 Å². The molecule has 2 bridgehead atoms. The summed E-state index contributed by atoms with van der Waals surface area (Å²) in [6.07, 6.45) is -0.161. The molecule has 6 atom stereocenters. The van der Waals surface area contributed by atoms with Crippen molar-refractivity contribution in [3.8, 4) is 0 Å². The highest BCUT2D eigenvalue weighted by Crippen LogP contribution is 2.68. The largest absolute Gasteiger partial charge is 0.464 e. The minimum absolute atomic E-state index is 0.0843. The summed E-state index contributed by atoms with van der Waals surface area (Å²) in [6.45, 7) is 6.57. The number of methoxy groups -OCH3 is 1. The van der Waals surface area contributed by atoms with Gasteiger partial charge in [0.25, 0.3) is 0 Å². The van der Waals surface area contributed by atoms with Crippen LogP contribution in [0.4, 0.5) is 5.69 Å². The Morgan fingerprint density at radius 3 is 2.35 bits per heavy atom. The van der Waals surface area contributed by atoms with Crippen LogP contribution in [0.2, 0.25) is 0 Å². The molecule has 3 aliphatic carbocycles.